The van der Waals surface area contributed by atoms with Gasteiger partial charge in [0.2, 0.25) is 0 Å². The molecule has 1 saturated carbocycles. The molecule has 0 amide bonds. The van der Waals surface area contributed by atoms with Crippen molar-refractivity contribution in [2.75, 3.05) is 6.54 Å². The Kier molecular flexibility index (Phi) is 4.51. The minimum atomic E-state index is -0.139. The number of hydrogen-bond donors (Lipinski definition) is 1. The first-order chi connectivity index (χ1) is 8.99. The van der Waals surface area contributed by atoms with E-state index in [1.54, 1.807) is 0 Å². The Morgan fingerprint density at radius 3 is 2.21 bits per heavy atom. The van der Waals surface area contributed by atoms with Crippen LogP contribution in [0.5, 0.6) is 5.75 Å². The van der Waals surface area contributed by atoms with E-state index < -0.39 is 0 Å². The first-order valence-electron chi connectivity index (χ1n) is 7.48. The van der Waals surface area contributed by atoms with Gasteiger partial charge >= 0.3 is 0 Å². The highest BCUT2D eigenvalue weighted by molar-refractivity contribution is 5.30. The van der Waals surface area contributed by atoms with Crippen LogP contribution in [-0.4, -0.2) is 12.1 Å². The molecule has 1 aromatic carbocycles. The lowest BCUT2D eigenvalue weighted by atomic mass is 9.85. The van der Waals surface area contributed by atoms with E-state index in [-0.39, 0.29) is 5.60 Å². The zero-order chi connectivity index (χ0) is 13.9. The summed E-state index contributed by atoms with van der Waals surface area (Å²) in [5.41, 5.74) is 7.23. The van der Waals surface area contributed by atoms with Crippen molar-refractivity contribution in [2.24, 2.45) is 11.7 Å². The lowest BCUT2D eigenvalue weighted by Gasteiger charge is -2.24. The van der Waals surface area contributed by atoms with E-state index >= 15 is 0 Å². The molecule has 2 nitrogen and oxygen atoms in total. The molecule has 0 aromatic heterocycles. The van der Waals surface area contributed by atoms with Gasteiger partial charge in [-0.15, -0.1) is 0 Å². The van der Waals surface area contributed by atoms with Gasteiger partial charge in [-0.25, -0.2) is 0 Å². The number of ether oxygens (including phenoxy) is 1. The van der Waals surface area contributed by atoms with Crippen LogP contribution in [0.1, 0.15) is 57.9 Å². The molecule has 2 N–H and O–H groups in total. The molecule has 0 aliphatic heterocycles. The fraction of sp³-hybridized carbons (Fsp3) is 0.647. The monoisotopic (exact) mass is 261 g/mol. The summed E-state index contributed by atoms with van der Waals surface area (Å²) in [5.74, 6) is 2.24. The van der Waals surface area contributed by atoms with E-state index in [9.17, 15) is 0 Å². The van der Waals surface area contributed by atoms with Crippen molar-refractivity contribution >= 4 is 0 Å². The van der Waals surface area contributed by atoms with Crippen molar-refractivity contribution in [3.63, 3.8) is 0 Å². The van der Waals surface area contributed by atoms with Gasteiger partial charge < -0.3 is 10.5 Å². The lowest BCUT2D eigenvalue weighted by Crippen LogP contribution is -2.23. The Labute approximate surface area is 117 Å². The molecule has 0 bridgehead atoms. The molecule has 106 valence electrons. The molecule has 1 aromatic rings. The van der Waals surface area contributed by atoms with Gasteiger partial charge in [-0.1, -0.05) is 25.0 Å². The van der Waals surface area contributed by atoms with Crippen LogP contribution >= 0.6 is 0 Å². The van der Waals surface area contributed by atoms with Crippen molar-refractivity contribution in [1.29, 1.82) is 0 Å². The van der Waals surface area contributed by atoms with Crippen molar-refractivity contribution in [3.05, 3.63) is 29.8 Å². The van der Waals surface area contributed by atoms with Crippen molar-refractivity contribution < 1.29 is 4.74 Å². The molecule has 0 heterocycles. The van der Waals surface area contributed by atoms with E-state index in [0.717, 1.165) is 18.2 Å². The first kappa shape index (κ1) is 14.4. The maximum Gasteiger partial charge on any atom is 0.120 e. The van der Waals surface area contributed by atoms with Gasteiger partial charge in [-0.3, -0.25) is 0 Å². The van der Waals surface area contributed by atoms with Crippen molar-refractivity contribution in [3.8, 4) is 5.75 Å². The predicted octanol–water partition coefficient (Wildman–Crippen LogP) is 4.10. The fourth-order valence-electron chi connectivity index (χ4n) is 3.10. The molecule has 1 atom stereocenters. The first-order valence-corrected chi connectivity index (χ1v) is 7.48. The molecule has 1 aliphatic rings. The van der Waals surface area contributed by atoms with Gasteiger partial charge in [0.1, 0.15) is 11.4 Å². The number of rotatable bonds is 4. The molecular formula is C17H27NO. The van der Waals surface area contributed by atoms with Gasteiger partial charge in [0.05, 0.1) is 0 Å². The Bertz CT molecular complexity index is 385. The average Bonchev–Trinajstić information content (AvgIpc) is 2.84. The zero-order valence-corrected chi connectivity index (χ0v) is 12.5. The second-order valence-electron chi connectivity index (χ2n) is 6.67. The summed E-state index contributed by atoms with van der Waals surface area (Å²) >= 11 is 0. The Morgan fingerprint density at radius 2 is 1.74 bits per heavy atom. The predicted molar refractivity (Wildman–Crippen MR) is 80.6 cm³/mol. The third-order valence-electron chi connectivity index (χ3n) is 3.96. The highest BCUT2D eigenvalue weighted by atomic mass is 16.5. The second kappa shape index (κ2) is 5.96. The third-order valence-corrected chi connectivity index (χ3v) is 3.96. The quantitative estimate of drug-likeness (QED) is 0.885. The summed E-state index contributed by atoms with van der Waals surface area (Å²) in [6, 6.07) is 8.55. The van der Waals surface area contributed by atoms with Crippen molar-refractivity contribution in [1.82, 2.24) is 0 Å². The SMILES string of the molecule is CC(C)(C)Oc1ccc(C(CN)C2CCCC2)cc1. The topological polar surface area (TPSA) is 35.2 Å². The number of hydrogen-bond acceptors (Lipinski definition) is 2. The van der Waals surface area contributed by atoms with Crippen LogP contribution in [-0.2, 0) is 0 Å². The zero-order valence-electron chi connectivity index (χ0n) is 12.5. The van der Waals surface area contributed by atoms with Crippen LogP contribution in [0.15, 0.2) is 24.3 Å². The minimum Gasteiger partial charge on any atom is -0.488 e. The van der Waals surface area contributed by atoms with Gasteiger partial charge in [-0.05, 0) is 69.7 Å². The lowest BCUT2D eigenvalue weighted by molar-refractivity contribution is 0.131. The fourth-order valence-corrected chi connectivity index (χ4v) is 3.10. The maximum absolute atomic E-state index is 5.99. The smallest absolute Gasteiger partial charge is 0.120 e. The molecule has 2 heteroatoms. The van der Waals surface area contributed by atoms with Crippen LogP contribution in [0.2, 0.25) is 0 Å². The molecule has 0 spiro atoms. The molecule has 2 rings (SSSR count). The third kappa shape index (κ3) is 3.97. The molecule has 1 fully saturated rings. The maximum atomic E-state index is 5.99. The highest BCUT2D eigenvalue weighted by Crippen LogP contribution is 2.37. The molecule has 19 heavy (non-hydrogen) atoms. The summed E-state index contributed by atoms with van der Waals surface area (Å²) in [4.78, 5) is 0. The van der Waals surface area contributed by atoms with E-state index in [1.165, 1.54) is 31.2 Å². The number of nitrogens with two attached hydrogens (primary N) is 1. The van der Waals surface area contributed by atoms with Crippen LogP contribution in [0.3, 0.4) is 0 Å². The summed E-state index contributed by atoms with van der Waals surface area (Å²) in [7, 11) is 0. The van der Waals surface area contributed by atoms with E-state index in [1.807, 2.05) is 0 Å². The van der Waals surface area contributed by atoms with E-state index in [0.29, 0.717) is 5.92 Å². The van der Waals surface area contributed by atoms with E-state index in [2.05, 4.69) is 45.0 Å². The van der Waals surface area contributed by atoms with Gasteiger partial charge in [0.25, 0.3) is 0 Å². The van der Waals surface area contributed by atoms with Crippen LogP contribution in [0.25, 0.3) is 0 Å². The highest BCUT2D eigenvalue weighted by Gasteiger charge is 2.25. The van der Waals surface area contributed by atoms with Crippen LogP contribution in [0, 0.1) is 5.92 Å². The summed E-state index contributed by atoms with van der Waals surface area (Å²) < 4.78 is 5.86. The largest absolute Gasteiger partial charge is 0.488 e. The summed E-state index contributed by atoms with van der Waals surface area (Å²) in [6.07, 6.45) is 5.41. The average molecular weight is 261 g/mol. The molecular weight excluding hydrogens is 234 g/mol. The Hall–Kier alpha value is -1.02. The van der Waals surface area contributed by atoms with Gasteiger partial charge in [-0.2, -0.15) is 0 Å². The Morgan fingerprint density at radius 1 is 1.16 bits per heavy atom. The summed E-state index contributed by atoms with van der Waals surface area (Å²) in [6.45, 7) is 6.97. The van der Waals surface area contributed by atoms with Crippen molar-refractivity contribution in [2.45, 2.75) is 58.0 Å². The molecule has 1 aliphatic carbocycles. The Balaban J connectivity index is 2.07. The normalized spacial score (nSPS) is 18.5. The van der Waals surface area contributed by atoms with Crippen LogP contribution < -0.4 is 10.5 Å². The number of benzene rings is 1. The summed E-state index contributed by atoms with van der Waals surface area (Å²) in [5, 5.41) is 0. The molecule has 0 radical (unpaired) electrons. The molecule has 0 saturated heterocycles. The second-order valence-corrected chi connectivity index (χ2v) is 6.67. The van der Waals surface area contributed by atoms with Gasteiger partial charge in [0, 0.05) is 0 Å². The van der Waals surface area contributed by atoms with Crippen LogP contribution in [0.4, 0.5) is 0 Å². The van der Waals surface area contributed by atoms with E-state index in [4.69, 9.17) is 10.5 Å². The standard InChI is InChI=1S/C17H27NO/c1-17(2,3)19-15-10-8-14(9-11-15)16(12-18)13-6-4-5-7-13/h8-11,13,16H,4-7,12,18H2,1-3H3. The molecule has 1 unspecified atom stereocenters. The van der Waals surface area contributed by atoms with Gasteiger partial charge in [0.15, 0.2) is 0 Å². The minimum absolute atomic E-state index is 0.139.